The van der Waals surface area contributed by atoms with E-state index in [9.17, 15) is 48.0 Å². The average molecular weight is 780 g/mol. The van der Waals surface area contributed by atoms with Crippen LogP contribution in [0.15, 0.2) is 52.6 Å². The van der Waals surface area contributed by atoms with Crippen LogP contribution in [-0.4, -0.2) is 86.6 Å². The fourth-order valence-electron chi connectivity index (χ4n) is 5.66. The first-order valence-corrected chi connectivity index (χ1v) is 18.5. The number of ether oxygens (including phenoxy) is 1. The number of piperazine rings is 1. The molecule has 0 spiro atoms. The van der Waals surface area contributed by atoms with Crippen molar-refractivity contribution in [3.05, 3.63) is 69.3 Å². The third kappa shape index (κ3) is 6.40. The zero-order valence-corrected chi connectivity index (χ0v) is 29.2. The number of likely N-dealkylation sites (N-methyl/N-ethyl adjacent to an activating group) is 1. The van der Waals surface area contributed by atoms with Crippen LogP contribution in [0.2, 0.25) is 0 Å². The van der Waals surface area contributed by atoms with Crippen LogP contribution in [0.1, 0.15) is 11.1 Å². The smallest absolute Gasteiger partial charge is 0.497 e. The number of benzene rings is 2. The summed E-state index contributed by atoms with van der Waals surface area (Å²) in [5.41, 5.74) is -14.9. The van der Waals surface area contributed by atoms with Crippen molar-refractivity contribution in [2.45, 2.75) is 24.5 Å². The molecule has 0 radical (unpaired) electrons. The fraction of sp³-hybridized carbons (Fsp3) is 0.333. The standard InChI is InChI=1S/C30H27F6N5O7S3/c1-17-16-49-28-23(17)25(48-51(45,46)30(34,35)36)24(27(42)40(28)15-18-4-7-20(47-3)8-5-18)26-37-21-9-6-19(39-12-10-38(2)11-13-39)14-22(21)41(26)50(43,44)29(31,32)33/h4-9,14,16H,10-13,15H2,1-3H3. The normalized spacial score (nSPS) is 15.2. The van der Waals surface area contributed by atoms with Gasteiger partial charge in [-0.2, -0.15) is 43.2 Å². The van der Waals surface area contributed by atoms with Gasteiger partial charge in [0.05, 0.1) is 30.1 Å². The molecule has 5 aromatic rings. The molecule has 4 heterocycles. The lowest BCUT2D eigenvalue weighted by molar-refractivity contribution is -0.0499. The molecule has 0 saturated carbocycles. The van der Waals surface area contributed by atoms with E-state index in [1.165, 1.54) is 31.5 Å². The maximum absolute atomic E-state index is 14.5. The van der Waals surface area contributed by atoms with Crippen molar-refractivity contribution in [1.82, 2.24) is 18.4 Å². The van der Waals surface area contributed by atoms with Gasteiger partial charge < -0.3 is 18.7 Å². The molecule has 274 valence electrons. The number of imidazole rings is 1. The Morgan fingerprint density at radius 2 is 1.57 bits per heavy atom. The summed E-state index contributed by atoms with van der Waals surface area (Å²) in [6.45, 7) is 3.00. The van der Waals surface area contributed by atoms with E-state index in [2.05, 4.69) is 9.17 Å². The summed E-state index contributed by atoms with van der Waals surface area (Å²) in [5.74, 6) is -2.19. The highest BCUT2D eigenvalue weighted by Crippen LogP contribution is 2.44. The highest BCUT2D eigenvalue weighted by Gasteiger charge is 2.52. The molecule has 1 fully saturated rings. The van der Waals surface area contributed by atoms with Gasteiger partial charge in [0.25, 0.3) is 5.56 Å². The van der Waals surface area contributed by atoms with Gasteiger partial charge in [-0.25, -0.2) is 8.96 Å². The monoisotopic (exact) mass is 779 g/mol. The molecule has 0 amide bonds. The zero-order valence-electron chi connectivity index (χ0n) is 26.7. The number of aromatic nitrogens is 3. The van der Waals surface area contributed by atoms with Gasteiger partial charge in [-0.05, 0) is 60.8 Å². The summed E-state index contributed by atoms with van der Waals surface area (Å²) in [6.07, 6.45) is 0. The number of hydrogen-bond acceptors (Lipinski definition) is 11. The molecule has 51 heavy (non-hydrogen) atoms. The lowest BCUT2D eigenvalue weighted by Gasteiger charge is -2.34. The van der Waals surface area contributed by atoms with Crippen molar-refractivity contribution in [3.8, 4) is 22.9 Å². The van der Waals surface area contributed by atoms with Gasteiger partial charge in [0, 0.05) is 31.9 Å². The molecule has 0 aliphatic carbocycles. The predicted octanol–water partition coefficient (Wildman–Crippen LogP) is 5.12. The molecule has 1 saturated heterocycles. The van der Waals surface area contributed by atoms with Gasteiger partial charge >= 0.3 is 31.2 Å². The topological polar surface area (TPSA) is 133 Å². The van der Waals surface area contributed by atoms with E-state index in [1.807, 2.05) is 11.9 Å². The molecule has 0 bridgehead atoms. The van der Waals surface area contributed by atoms with E-state index < -0.39 is 64.8 Å². The number of anilines is 1. The molecule has 1 aliphatic heterocycles. The summed E-state index contributed by atoms with van der Waals surface area (Å²) in [7, 11) is -9.79. The molecular formula is C30H27F6N5O7S3. The van der Waals surface area contributed by atoms with E-state index in [4.69, 9.17) is 4.74 Å². The van der Waals surface area contributed by atoms with Crippen LogP contribution in [0, 0.1) is 6.92 Å². The van der Waals surface area contributed by atoms with E-state index >= 15 is 0 Å². The van der Waals surface area contributed by atoms with Crippen molar-refractivity contribution < 1.29 is 52.1 Å². The molecule has 2 aromatic carbocycles. The predicted molar refractivity (Wildman–Crippen MR) is 177 cm³/mol. The molecule has 12 nitrogen and oxygen atoms in total. The number of halogens is 6. The minimum absolute atomic E-state index is 0.0748. The van der Waals surface area contributed by atoms with Crippen molar-refractivity contribution >= 4 is 58.4 Å². The molecule has 6 rings (SSSR count). The summed E-state index contributed by atoms with van der Waals surface area (Å²) < 4.78 is 147. The first kappa shape index (κ1) is 36.5. The molecule has 3 aromatic heterocycles. The number of thiophene rings is 1. The van der Waals surface area contributed by atoms with Gasteiger partial charge in [-0.1, -0.05) is 12.1 Å². The number of rotatable bonds is 8. The third-order valence-corrected chi connectivity index (χ3v) is 11.8. The van der Waals surface area contributed by atoms with Crippen molar-refractivity contribution in [2.75, 3.05) is 45.2 Å². The van der Waals surface area contributed by atoms with Gasteiger partial charge in [0.1, 0.15) is 16.1 Å². The van der Waals surface area contributed by atoms with Crippen LogP contribution in [0.4, 0.5) is 32.0 Å². The van der Waals surface area contributed by atoms with Crippen molar-refractivity contribution in [2.24, 2.45) is 0 Å². The van der Waals surface area contributed by atoms with E-state index in [0.717, 1.165) is 22.0 Å². The number of hydrogen-bond donors (Lipinski definition) is 0. The summed E-state index contributed by atoms with van der Waals surface area (Å²) in [4.78, 5) is 22.2. The Morgan fingerprint density at radius 3 is 2.16 bits per heavy atom. The molecule has 0 N–H and O–H groups in total. The molecule has 0 unspecified atom stereocenters. The Morgan fingerprint density at radius 1 is 0.922 bits per heavy atom. The first-order chi connectivity index (χ1) is 23.7. The Bertz CT molecular complexity index is 2430. The fourth-order valence-corrected chi connectivity index (χ4v) is 8.16. The van der Waals surface area contributed by atoms with Crippen LogP contribution in [0.25, 0.3) is 32.6 Å². The summed E-state index contributed by atoms with van der Waals surface area (Å²) in [6, 6.07) is 9.94. The van der Waals surface area contributed by atoms with Gasteiger partial charge in [-0.15, -0.1) is 11.3 Å². The lowest BCUT2D eigenvalue weighted by Crippen LogP contribution is -2.44. The van der Waals surface area contributed by atoms with Crippen LogP contribution in [-0.2, 0) is 26.7 Å². The van der Waals surface area contributed by atoms with Gasteiger partial charge in [-0.3, -0.25) is 9.36 Å². The minimum Gasteiger partial charge on any atom is -0.497 e. The Kier molecular flexibility index (Phi) is 9.08. The summed E-state index contributed by atoms with van der Waals surface area (Å²) >= 11 is 0.818. The second kappa shape index (κ2) is 12.7. The second-order valence-corrected chi connectivity index (χ2v) is 15.8. The average Bonchev–Trinajstić information content (AvgIpc) is 3.63. The Balaban J connectivity index is 1.73. The molecule has 21 heteroatoms. The number of pyridine rings is 1. The maximum Gasteiger partial charge on any atom is 0.534 e. The second-order valence-electron chi connectivity index (χ2n) is 11.6. The van der Waals surface area contributed by atoms with Gasteiger partial charge in [0.2, 0.25) is 0 Å². The Hall–Kier alpha value is -4.34. The number of alkyl halides is 6. The SMILES string of the molecule is COc1ccc(Cn2c(=O)c(-c3nc4ccc(N5CCN(C)CC5)cc4n3S(=O)(=O)C(F)(F)F)c(OS(=O)(=O)C(F)(F)F)c3c(C)csc32)cc1. The van der Waals surface area contributed by atoms with Crippen molar-refractivity contribution in [3.63, 3.8) is 0 Å². The van der Waals surface area contributed by atoms with Gasteiger partial charge in [0.15, 0.2) is 11.6 Å². The lowest BCUT2D eigenvalue weighted by atomic mass is 10.1. The third-order valence-electron chi connectivity index (χ3n) is 8.31. The van der Waals surface area contributed by atoms with E-state index in [0.29, 0.717) is 43.2 Å². The largest absolute Gasteiger partial charge is 0.534 e. The Labute approximate surface area is 290 Å². The molecule has 1 aliphatic rings. The van der Waals surface area contributed by atoms with E-state index in [1.54, 1.807) is 29.2 Å². The van der Waals surface area contributed by atoms with Crippen molar-refractivity contribution in [1.29, 1.82) is 0 Å². The van der Waals surface area contributed by atoms with Crippen LogP contribution >= 0.6 is 11.3 Å². The zero-order chi connectivity index (χ0) is 37.3. The van der Waals surface area contributed by atoms with E-state index in [-0.39, 0.29) is 26.4 Å². The maximum atomic E-state index is 14.5. The number of aryl methyl sites for hydroxylation is 1. The first-order valence-electron chi connectivity index (χ1n) is 14.8. The van der Waals surface area contributed by atoms with Crippen LogP contribution in [0.5, 0.6) is 11.5 Å². The minimum atomic E-state index is -6.57. The summed E-state index contributed by atoms with van der Waals surface area (Å²) in [5, 5.41) is 0.973. The van der Waals surface area contributed by atoms with Crippen LogP contribution < -0.4 is 19.4 Å². The number of fused-ring (bicyclic) bond motifs is 2. The number of methoxy groups -OCH3 is 1. The quantitative estimate of drug-likeness (QED) is 0.119. The molecular weight excluding hydrogens is 753 g/mol. The molecule has 0 atom stereocenters. The van der Waals surface area contributed by atoms with Crippen LogP contribution in [0.3, 0.4) is 0 Å². The number of nitrogens with zero attached hydrogens (tertiary/aromatic N) is 5. The highest BCUT2D eigenvalue weighted by atomic mass is 32.2. The highest BCUT2D eigenvalue weighted by molar-refractivity contribution is 7.91.